The number of aliphatic hydroxyl groups is 1. The van der Waals surface area contributed by atoms with Gasteiger partial charge in [-0.25, -0.2) is 0 Å². The molecule has 1 saturated heterocycles. The second-order valence-corrected chi connectivity index (χ2v) is 18.6. The first-order valence-electron chi connectivity index (χ1n) is 19.6. The molecule has 4 saturated carbocycles. The van der Waals surface area contributed by atoms with Crippen molar-refractivity contribution >= 4 is 5.91 Å². The molecule has 46 heavy (non-hydrogen) atoms. The molecular formula is C40H70N4O2. The van der Waals surface area contributed by atoms with Crippen LogP contribution in [0.25, 0.3) is 0 Å². The predicted molar refractivity (Wildman–Crippen MR) is 189 cm³/mol. The summed E-state index contributed by atoms with van der Waals surface area (Å²) < 4.78 is 0. The summed E-state index contributed by atoms with van der Waals surface area (Å²) in [7, 11) is 0. The van der Waals surface area contributed by atoms with E-state index >= 15 is 0 Å². The number of amides is 1. The minimum atomic E-state index is -0.257. The highest BCUT2D eigenvalue weighted by Crippen LogP contribution is 2.75. The van der Waals surface area contributed by atoms with E-state index in [9.17, 15) is 9.90 Å². The van der Waals surface area contributed by atoms with Gasteiger partial charge in [0.1, 0.15) is 0 Å². The summed E-state index contributed by atoms with van der Waals surface area (Å²) in [5.74, 6) is 3.09. The van der Waals surface area contributed by atoms with E-state index in [1.165, 1.54) is 19.3 Å². The van der Waals surface area contributed by atoms with Crippen molar-refractivity contribution < 1.29 is 9.90 Å². The van der Waals surface area contributed by atoms with E-state index in [4.69, 9.17) is 5.73 Å². The third-order valence-corrected chi connectivity index (χ3v) is 16.5. The van der Waals surface area contributed by atoms with Gasteiger partial charge in [-0.3, -0.25) is 4.79 Å². The molecule has 1 heterocycles. The lowest BCUT2D eigenvalue weighted by Gasteiger charge is -2.71. The maximum atomic E-state index is 14.5. The van der Waals surface area contributed by atoms with Crippen LogP contribution in [0.1, 0.15) is 119 Å². The zero-order chi connectivity index (χ0) is 33.1. The number of nitrogens with zero attached hydrogens (tertiary/aromatic N) is 2. The van der Waals surface area contributed by atoms with Crippen molar-refractivity contribution in [1.29, 1.82) is 0 Å². The number of hydrogen-bond donors (Lipinski definition) is 3. The number of allylic oxidation sites excluding steroid dienone is 2. The molecule has 0 aromatic carbocycles. The van der Waals surface area contributed by atoms with Gasteiger partial charge < -0.3 is 26.0 Å². The quantitative estimate of drug-likeness (QED) is 0.210. The Hall–Kier alpha value is -0.950. The molecule has 6 aliphatic rings. The number of carbonyl (C=O) groups excluding carboxylic acids is 1. The lowest BCUT2D eigenvalue weighted by molar-refractivity contribution is -0.204. The monoisotopic (exact) mass is 639 g/mol. The number of carbonyl (C=O) groups is 1. The van der Waals surface area contributed by atoms with Crippen LogP contribution in [-0.4, -0.2) is 79.3 Å². The van der Waals surface area contributed by atoms with Crippen LogP contribution in [0.15, 0.2) is 11.6 Å². The van der Waals surface area contributed by atoms with Crippen molar-refractivity contribution in [2.45, 2.75) is 125 Å². The molecule has 0 unspecified atom stereocenters. The highest BCUT2D eigenvalue weighted by molar-refractivity contribution is 5.84. The lowest BCUT2D eigenvalue weighted by Crippen LogP contribution is -2.66. The first-order valence-corrected chi connectivity index (χ1v) is 19.6. The van der Waals surface area contributed by atoms with Gasteiger partial charge >= 0.3 is 0 Å². The van der Waals surface area contributed by atoms with Crippen LogP contribution in [0.2, 0.25) is 0 Å². The summed E-state index contributed by atoms with van der Waals surface area (Å²) in [4.78, 5) is 19.6. The third kappa shape index (κ3) is 5.37. The van der Waals surface area contributed by atoms with Crippen LogP contribution in [0.5, 0.6) is 0 Å². The molecule has 0 aromatic rings. The first kappa shape index (κ1) is 34.9. The van der Waals surface area contributed by atoms with E-state index in [1.807, 2.05) is 0 Å². The van der Waals surface area contributed by atoms with Crippen molar-refractivity contribution in [1.82, 2.24) is 15.1 Å². The average molecular weight is 639 g/mol. The van der Waals surface area contributed by atoms with Gasteiger partial charge in [-0.05, 0) is 142 Å². The van der Waals surface area contributed by atoms with E-state index in [0.29, 0.717) is 35.5 Å². The molecule has 0 spiro atoms. The first-order chi connectivity index (χ1) is 21.7. The number of hydrogen-bond acceptors (Lipinski definition) is 5. The van der Waals surface area contributed by atoms with Crippen LogP contribution in [0.3, 0.4) is 0 Å². The summed E-state index contributed by atoms with van der Waals surface area (Å²) in [5.41, 5.74) is 7.73. The SMILES string of the molecule is C[C@H]1[C@H](C)CC[C@]2(C(=O)NCCCN3CCN(CCCN)CC3)CC[C@]3(C)C(=CC[C@@H]4[C@@]5(C)CC[C@H](O)C(C)(C)[C@@H]5CC[C@]43C)[C@H]12. The van der Waals surface area contributed by atoms with Crippen molar-refractivity contribution in [3.05, 3.63) is 11.6 Å². The van der Waals surface area contributed by atoms with Crippen molar-refractivity contribution in [2.75, 3.05) is 52.4 Å². The number of aliphatic hydroxyl groups excluding tert-OH is 1. The second-order valence-electron chi connectivity index (χ2n) is 18.6. The molecule has 262 valence electrons. The Morgan fingerprint density at radius 3 is 2.24 bits per heavy atom. The van der Waals surface area contributed by atoms with Gasteiger partial charge in [-0.2, -0.15) is 0 Å². The molecule has 6 heteroatoms. The standard InChI is InChI=1S/C40H70N4O2/c1-28-12-17-40(35(46)42-21-9-23-44-26-24-43(25-27-44)22-8-20-41)19-18-38(6)30(34(40)29(28)2)10-11-32-37(5)15-14-33(45)36(3,4)31(37)13-16-39(32,38)7/h10,28-29,31-34,45H,8-9,11-27,41H2,1-7H3,(H,42,46)/t28-,29+,31+,32-,33+,34+,37+,38-,39-,40+/m1/s1. The normalized spacial score (nSPS) is 45.9. The molecule has 1 amide bonds. The summed E-state index contributed by atoms with van der Waals surface area (Å²) >= 11 is 0. The minimum Gasteiger partial charge on any atom is -0.393 e. The van der Waals surface area contributed by atoms with Crippen molar-refractivity contribution in [3.8, 4) is 0 Å². The third-order valence-electron chi connectivity index (χ3n) is 16.5. The number of piperazine rings is 1. The second kappa shape index (κ2) is 12.7. The highest BCUT2D eigenvalue weighted by atomic mass is 16.3. The van der Waals surface area contributed by atoms with Gasteiger partial charge in [-0.1, -0.05) is 60.1 Å². The van der Waals surface area contributed by atoms with E-state index in [0.717, 1.165) is 104 Å². The fourth-order valence-corrected chi connectivity index (χ4v) is 13.1. The smallest absolute Gasteiger partial charge is 0.226 e. The van der Waals surface area contributed by atoms with Gasteiger partial charge in [0.2, 0.25) is 5.91 Å². The minimum absolute atomic E-state index is 0.0227. The number of rotatable bonds is 8. The molecule has 5 aliphatic carbocycles. The van der Waals surface area contributed by atoms with E-state index in [-0.39, 0.29) is 33.2 Å². The molecular weight excluding hydrogens is 568 g/mol. The van der Waals surface area contributed by atoms with Crippen molar-refractivity contribution in [3.63, 3.8) is 0 Å². The van der Waals surface area contributed by atoms with Crippen LogP contribution in [0.4, 0.5) is 0 Å². The Morgan fingerprint density at radius 1 is 0.891 bits per heavy atom. The van der Waals surface area contributed by atoms with Crippen LogP contribution >= 0.6 is 0 Å². The largest absolute Gasteiger partial charge is 0.393 e. The van der Waals surface area contributed by atoms with Crippen molar-refractivity contribution in [2.24, 2.45) is 62.4 Å². The van der Waals surface area contributed by atoms with E-state index in [2.05, 4.69) is 69.7 Å². The van der Waals surface area contributed by atoms with Gasteiger partial charge in [0.15, 0.2) is 0 Å². The van der Waals surface area contributed by atoms with Gasteiger partial charge in [0.25, 0.3) is 0 Å². The fraction of sp³-hybridized carbons (Fsp3) is 0.925. The van der Waals surface area contributed by atoms with Gasteiger partial charge in [-0.15, -0.1) is 0 Å². The number of nitrogens with two attached hydrogens (primary N) is 1. The zero-order valence-electron chi connectivity index (χ0n) is 30.8. The van der Waals surface area contributed by atoms with Crippen LogP contribution < -0.4 is 11.1 Å². The lowest BCUT2D eigenvalue weighted by atomic mass is 9.33. The molecule has 6 nitrogen and oxygen atoms in total. The van der Waals surface area contributed by atoms with Gasteiger partial charge in [0, 0.05) is 32.7 Å². The number of fused-ring (bicyclic) bond motifs is 7. The Labute approximate surface area is 282 Å². The molecule has 10 atom stereocenters. The number of nitrogens with one attached hydrogen (secondary N) is 1. The molecule has 5 fully saturated rings. The van der Waals surface area contributed by atoms with E-state index < -0.39 is 0 Å². The average Bonchev–Trinajstić information content (AvgIpc) is 3.03. The summed E-state index contributed by atoms with van der Waals surface area (Å²) in [6.07, 6.45) is 14.7. The summed E-state index contributed by atoms with van der Waals surface area (Å²) in [6.45, 7) is 25.8. The molecule has 1 aliphatic heterocycles. The Balaban J connectivity index is 1.18. The zero-order valence-corrected chi connectivity index (χ0v) is 30.8. The van der Waals surface area contributed by atoms with Crippen LogP contribution in [0, 0.1) is 56.7 Å². The molecule has 0 aromatic heterocycles. The van der Waals surface area contributed by atoms with E-state index in [1.54, 1.807) is 5.57 Å². The maximum absolute atomic E-state index is 14.5. The topological polar surface area (TPSA) is 81.8 Å². The molecule has 0 radical (unpaired) electrons. The highest BCUT2D eigenvalue weighted by Gasteiger charge is 2.69. The van der Waals surface area contributed by atoms with Crippen LogP contribution in [-0.2, 0) is 4.79 Å². The summed E-state index contributed by atoms with van der Waals surface area (Å²) in [5, 5.41) is 14.6. The Kier molecular flexibility index (Phi) is 9.66. The van der Waals surface area contributed by atoms with Gasteiger partial charge in [0.05, 0.1) is 11.5 Å². The molecule has 6 rings (SSSR count). The maximum Gasteiger partial charge on any atom is 0.226 e. The molecule has 0 bridgehead atoms. The molecule has 4 N–H and O–H groups in total. The Morgan fingerprint density at radius 2 is 1.57 bits per heavy atom. The predicted octanol–water partition coefficient (Wildman–Crippen LogP) is 6.48. The summed E-state index contributed by atoms with van der Waals surface area (Å²) in [6, 6.07) is 0. The fourth-order valence-electron chi connectivity index (χ4n) is 13.1. The Bertz CT molecular complexity index is 1150.